The number of rotatable bonds is 6. The summed E-state index contributed by atoms with van der Waals surface area (Å²) in [5.41, 5.74) is -3.22. The molecule has 2 aromatic heterocycles. The Balaban J connectivity index is 1.26. The third-order valence-corrected chi connectivity index (χ3v) is 12.5. The molecule has 4 fully saturated rings. The Bertz CT molecular complexity index is 2310. The molecule has 4 aromatic rings. The number of piperazine rings is 1. The number of nitrogens with one attached hydrogen (secondary N) is 1. The van der Waals surface area contributed by atoms with Crippen LogP contribution in [0.3, 0.4) is 0 Å². The zero-order valence-electron chi connectivity index (χ0n) is 34.1. The second kappa shape index (κ2) is 14.6. The fraction of sp³-hybridized carbons (Fsp3) is 0.585. The summed E-state index contributed by atoms with van der Waals surface area (Å²) < 4.78 is 93.7. The Morgan fingerprint density at radius 2 is 1.66 bits per heavy atom. The molecule has 2 bridgehead atoms. The van der Waals surface area contributed by atoms with Crippen molar-refractivity contribution in [3.63, 3.8) is 0 Å². The van der Waals surface area contributed by atoms with Crippen LogP contribution in [-0.4, -0.2) is 105 Å². The summed E-state index contributed by atoms with van der Waals surface area (Å²) in [6.07, 6.45) is -3.97. The molecule has 12 nitrogen and oxygen atoms in total. The summed E-state index contributed by atoms with van der Waals surface area (Å²) in [5.74, 6) is -0.517. The number of fused-ring (bicyclic) bond motifs is 5. The summed E-state index contributed by atoms with van der Waals surface area (Å²) in [7, 11) is 0. The van der Waals surface area contributed by atoms with E-state index in [4.69, 9.17) is 24.2 Å². The van der Waals surface area contributed by atoms with Crippen molar-refractivity contribution in [3.05, 3.63) is 35.1 Å². The van der Waals surface area contributed by atoms with Crippen LogP contribution >= 0.6 is 11.3 Å². The number of benzene rings is 2. The average Bonchev–Trinajstić information content (AvgIpc) is 3.85. The SMILES string of the molecule is Cc1c(-c2ccc(F)c3sc(NC(=O)OC(C)(C)C)nc23)c(C(F)(F)F)cc2c(N3CC4CCC(C3)N4C(=O)OC(C)(C)C)nc(OC[C@@]34CCCN3C[C@H](F)C4)nc12. The molecular weight excluding hydrogens is 798 g/mol. The second-order valence-electron chi connectivity index (χ2n) is 18.1. The van der Waals surface area contributed by atoms with Crippen LogP contribution in [0.1, 0.15) is 84.8 Å². The zero-order valence-corrected chi connectivity index (χ0v) is 34.9. The molecule has 18 heteroatoms. The normalized spacial score (nSPS) is 23.6. The maximum absolute atomic E-state index is 15.4. The average molecular weight is 846 g/mol. The number of nitrogens with zero attached hydrogens (tertiary/aromatic N) is 6. The lowest BCUT2D eigenvalue weighted by Gasteiger charge is -2.42. The van der Waals surface area contributed by atoms with Crippen LogP contribution in [0, 0.1) is 12.7 Å². The Morgan fingerprint density at radius 1 is 0.966 bits per heavy atom. The molecule has 8 rings (SSSR count). The maximum atomic E-state index is 15.4. The van der Waals surface area contributed by atoms with Crippen LogP contribution in [0.4, 0.5) is 42.5 Å². The smallest absolute Gasteiger partial charge is 0.417 e. The standard InChI is InChI=1S/C41H48F5N7O5S/c1-21-29(25-11-12-28(43)32-31(25)48-35(59-32)50-36(54)57-38(2,3)4)27(41(44,45)46)15-26-30(21)47-34(56-20-40-13-8-14-52(40)17-22(42)16-40)49-33(26)51-18-23-9-10-24(19-51)53(23)37(55)58-39(5,6)7/h11-12,15,22-24H,8-10,13-14,16-20H2,1-7H3,(H,48,50,54)/t22-,23?,24?,40+/m1/s1. The highest BCUT2D eigenvalue weighted by molar-refractivity contribution is 7.22. The van der Waals surface area contributed by atoms with Crippen LogP contribution in [0.15, 0.2) is 18.2 Å². The quantitative estimate of drug-likeness (QED) is 0.188. The van der Waals surface area contributed by atoms with Gasteiger partial charge in [-0.25, -0.2) is 23.4 Å². The van der Waals surface area contributed by atoms with Gasteiger partial charge in [-0.1, -0.05) is 11.3 Å². The summed E-state index contributed by atoms with van der Waals surface area (Å²) in [5, 5.41) is 2.53. The van der Waals surface area contributed by atoms with Gasteiger partial charge < -0.3 is 19.1 Å². The molecule has 0 aliphatic carbocycles. The molecule has 0 radical (unpaired) electrons. The molecule has 2 unspecified atom stereocenters. The minimum atomic E-state index is -4.90. The number of carbonyl (C=O) groups excluding carboxylic acids is 2. The fourth-order valence-corrected chi connectivity index (χ4v) is 10.1. The second-order valence-corrected chi connectivity index (χ2v) is 19.1. The van der Waals surface area contributed by atoms with E-state index >= 15 is 17.6 Å². The summed E-state index contributed by atoms with van der Waals surface area (Å²) in [6, 6.07) is 2.69. The van der Waals surface area contributed by atoms with E-state index in [1.165, 1.54) is 13.0 Å². The molecule has 6 heterocycles. The van der Waals surface area contributed by atoms with E-state index in [2.05, 4.69) is 15.2 Å². The number of thiazole rings is 1. The van der Waals surface area contributed by atoms with Crippen molar-refractivity contribution < 1.29 is 45.8 Å². The lowest BCUT2D eigenvalue weighted by Crippen LogP contribution is -2.57. The Hall–Kier alpha value is -4.58. The molecule has 1 N–H and O–H groups in total. The van der Waals surface area contributed by atoms with Gasteiger partial charge in [0.15, 0.2) is 5.13 Å². The maximum Gasteiger partial charge on any atom is 0.417 e. The van der Waals surface area contributed by atoms with Crippen LogP contribution in [0.2, 0.25) is 0 Å². The number of alkyl halides is 4. The lowest BCUT2D eigenvalue weighted by atomic mass is 9.91. The van der Waals surface area contributed by atoms with E-state index in [1.54, 1.807) is 46.4 Å². The molecule has 318 valence electrons. The first-order chi connectivity index (χ1) is 27.6. The molecule has 2 aromatic carbocycles. The van der Waals surface area contributed by atoms with E-state index in [0.29, 0.717) is 25.8 Å². The van der Waals surface area contributed by atoms with Crippen molar-refractivity contribution in [1.29, 1.82) is 0 Å². The first-order valence-electron chi connectivity index (χ1n) is 19.9. The zero-order chi connectivity index (χ0) is 42.4. The monoisotopic (exact) mass is 845 g/mol. The topological polar surface area (TPSA) is 122 Å². The highest BCUT2D eigenvalue weighted by Crippen LogP contribution is 2.48. The van der Waals surface area contributed by atoms with Crippen LogP contribution < -0.4 is 15.0 Å². The Labute approximate surface area is 342 Å². The molecule has 4 aliphatic heterocycles. The highest BCUT2D eigenvalue weighted by atomic mass is 32.1. The van der Waals surface area contributed by atoms with Gasteiger partial charge in [-0.3, -0.25) is 15.1 Å². The molecule has 4 saturated heterocycles. The molecular formula is C41H48F5N7O5S. The lowest BCUT2D eigenvalue weighted by molar-refractivity contribution is -0.137. The van der Waals surface area contributed by atoms with Gasteiger partial charge in [-0.05, 0) is 104 Å². The Morgan fingerprint density at radius 3 is 2.32 bits per heavy atom. The fourth-order valence-electron chi connectivity index (χ4n) is 9.23. The van der Waals surface area contributed by atoms with E-state index in [1.807, 2.05) is 4.90 Å². The molecule has 0 spiro atoms. The van der Waals surface area contributed by atoms with Crippen molar-refractivity contribution in [3.8, 4) is 17.1 Å². The van der Waals surface area contributed by atoms with Crippen LogP contribution in [0.5, 0.6) is 6.01 Å². The molecule has 2 amide bonds. The molecule has 4 aliphatic rings. The minimum absolute atomic E-state index is 0.0197. The number of carbonyl (C=O) groups is 2. The van der Waals surface area contributed by atoms with Gasteiger partial charge in [0, 0.05) is 42.6 Å². The van der Waals surface area contributed by atoms with E-state index < -0.39 is 52.7 Å². The van der Waals surface area contributed by atoms with Gasteiger partial charge in [0.1, 0.15) is 35.6 Å². The number of ether oxygens (including phenoxy) is 3. The van der Waals surface area contributed by atoms with Crippen molar-refractivity contribution in [1.82, 2.24) is 24.8 Å². The Kier molecular flexibility index (Phi) is 10.2. The molecule has 59 heavy (non-hydrogen) atoms. The number of aromatic nitrogens is 3. The molecule has 4 atom stereocenters. The first-order valence-corrected chi connectivity index (χ1v) is 20.7. The number of aryl methyl sites for hydroxylation is 1. The van der Waals surface area contributed by atoms with Crippen molar-refractivity contribution in [2.75, 3.05) is 43.0 Å². The predicted molar refractivity (Wildman–Crippen MR) is 213 cm³/mol. The van der Waals surface area contributed by atoms with Gasteiger partial charge in [0.2, 0.25) is 0 Å². The van der Waals surface area contributed by atoms with E-state index in [-0.39, 0.29) is 86.5 Å². The molecule has 0 saturated carbocycles. The first kappa shape index (κ1) is 41.2. The van der Waals surface area contributed by atoms with Gasteiger partial charge in [0.25, 0.3) is 0 Å². The van der Waals surface area contributed by atoms with Crippen molar-refractivity contribution in [2.45, 2.75) is 122 Å². The number of halogens is 5. The number of amides is 2. The summed E-state index contributed by atoms with van der Waals surface area (Å²) >= 11 is 0.771. The predicted octanol–water partition coefficient (Wildman–Crippen LogP) is 9.26. The van der Waals surface area contributed by atoms with Crippen molar-refractivity contribution >= 4 is 55.6 Å². The third-order valence-electron chi connectivity index (χ3n) is 11.5. The number of anilines is 2. The van der Waals surface area contributed by atoms with Crippen LogP contribution in [0.25, 0.3) is 32.2 Å². The van der Waals surface area contributed by atoms with E-state index in [0.717, 1.165) is 42.9 Å². The highest BCUT2D eigenvalue weighted by Gasteiger charge is 2.50. The largest absolute Gasteiger partial charge is 0.461 e. The van der Waals surface area contributed by atoms with Crippen molar-refractivity contribution in [2.24, 2.45) is 0 Å². The van der Waals surface area contributed by atoms with Gasteiger partial charge >= 0.3 is 24.4 Å². The number of hydrogen-bond acceptors (Lipinski definition) is 11. The van der Waals surface area contributed by atoms with Crippen LogP contribution in [-0.2, 0) is 15.7 Å². The minimum Gasteiger partial charge on any atom is -0.461 e. The van der Waals surface area contributed by atoms with Gasteiger partial charge in [-0.15, -0.1) is 0 Å². The van der Waals surface area contributed by atoms with E-state index in [9.17, 15) is 14.0 Å². The third kappa shape index (κ3) is 7.93. The van der Waals surface area contributed by atoms with Gasteiger partial charge in [0.05, 0.1) is 38.9 Å². The van der Waals surface area contributed by atoms with Gasteiger partial charge in [-0.2, -0.15) is 23.1 Å². The summed E-state index contributed by atoms with van der Waals surface area (Å²) in [6.45, 7) is 13.6. The number of hydrogen-bond donors (Lipinski definition) is 1. The summed E-state index contributed by atoms with van der Waals surface area (Å²) in [4.78, 5) is 45.6.